The fourth-order valence-corrected chi connectivity index (χ4v) is 3.34. The molecule has 3 rings (SSSR count). The summed E-state index contributed by atoms with van der Waals surface area (Å²) in [5.41, 5.74) is 1.56. The van der Waals surface area contributed by atoms with Crippen LogP contribution in [0, 0.1) is 0 Å². The Hall–Kier alpha value is -2.33. The standard InChI is InChI=1S/C20H23NO3/c22-14-17(13-15-7-9-18(23)10-8-15)21-19(24)20(11-4-12-20)16-5-2-1-3-6-16/h1-3,5-10,17,22-23H,4,11-14H2,(H,21,24)/t17-/m0/s1. The van der Waals surface area contributed by atoms with E-state index in [-0.39, 0.29) is 24.3 Å². The number of carbonyl (C=O) groups excluding carboxylic acids is 1. The molecule has 0 aliphatic heterocycles. The summed E-state index contributed by atoms with van der Waals surface area (Å²) < 4.78 is 0. The predicted molar refractivity (Wildman–Crippen MR) is 92.8 cm³/mol. The number of aromatic hydroxyl groups is 1. The number of hydrogen-bond donors (Lipinski definition) is 3. The van der Waals surface area contributed by atoms with Crippen LogP contribution in [-0.4, -0.2) is 28.8 Å². The molecule has 1 fully saturated rings. The van der Waals surface area contributed by atoms with Crippen molar-refractivity contribution in [3.63, 3.8) is 0 Å². The third-order valence-corrected chi connectivity index (χ3v) is 4.94. The second-order valence-corrected chi connectivity index (χ2v) is 6.53. The van der Waals surface area contributed by atoms with Crippen LogP contribution in [-0.2, 0) is 16.6 Å². The topological polar surface area (TPSA) is 69.6 Å². The van der Waals surface area contributed by atoms with Gasteiger partial charge in [0.25, 0.3) is 0 Å². The van der Waals surface area contributed by atoms with Crippen LogP contribution in [0.1, 0.15) is 30.4 Å². The summed E-state index contributed by atoms with van der Waals surface area (Å²) in [4.78, 5) is 12.9. The number of phenols is 1. The molecule has 2 aromatic carbocycles. The second-order valence-electron chi connectivity index (χ2n) is 6.53. The van der Waals surface area contributed by atoms with Crippen LogP contribution in [0.4, 0.5) is 0 Å². The van der Waals surface area contributed by atoms with Gasteiger partial charge in [0.15, 0.2) is 0 Å². The van der Waals surface area contributed by atoms with Gasteiger partial charge in [-0.05, 0) is 42.5 Å². The van der Waals surface area contributed by atoms with Gasteiger partial charge in [0, 0.05) is 0 Å². The van der Waals surface area contributed by atoms with Gasteiger partial charge in [-0.3, -0.25) is 4.79 Å². The van der Waals surface area contributed by atoms with Crippen LogP contribution in [0.3, 0.4) is 0 Å². The van der Waals surface area contributed by atoms with Crippen molar-refractivity contribution in [3.05, 3.63) is 65.7 Å². The number of benzene rings is 2. The largest absolute Gasteiger partial charge is 0.508 e. The van der Waals surface area contributed by atoms with E-state index in [9.17, 15) is 15.0 Å². The molecular weight excluding hydrogens is 302 g/mol. The molecule has 24 heavy (non-hydrogen) atoms. The van der Waals surface area contributed by atoms with Gasteiger partial charge >= 0.3 is 0 Å². The highest BCUT2D eigenvalue weighted by molar-refractivity contribution is 5.89. The lowest BCUT2D eigenvalue weighted by atomic mass is 9.63. The number of nitrogens with one attached hydrogen (secondary N) is 1. The Kier molecular flexibility index (Phi) is 4.86. The van der Waals surface area contributed by atoms with Gasteiger partial charge in [0.2, 0.25) is 5.91 Å². The Morgan fingerprint density at radius 3 is 2.29 bits per heavy atom. The summed E-state index contributed by atoms with van der Waals surface area (Å²) >= 11 is 0. The molecule has 0 spiro atoms. The van der Waals surface area contributed by atoms with Crippen molar-refractivity contribution in [2.75, 3.05) is 6.61 Å². The van der Waals surface area contributed by atoms with E-state index in [4.69, 9.17) is 0 Å². The van der Waals surface area contributed by atoms with Crippen molar-refractivity contribution in [1.29, 1.82) is 0 Å². The Bertz CT molecular complexity index is 678. The van der Waals surface area contributed by atoms with E-state index in [0.29, 0.717) is 6.42 Å². The first kappa shape index (κ1) is 16.5. The second kappa shape index (κ2) is 7.05. The molecular formula is C20H23NO3. The molecule has 126 valence electrons. The first-order chi connectivity index (χ1) is 11.6. The first-order valence-corrected chi connectivity index (χ1v) is 8.39. The Morgan fingerprint density at radius 1 is 1.08 bits per heavy atom. The van der Waals surface area contributed by atoms with Crippen molar-refractivity contribution < 1.29 is 15.0 Å². The van der Waals surface area contributed by atoms with Crippen molar-refractivity contribution in [3.8, 4) is 5.75 Å². The van der Waals surface area contributed by atoms with Crippen LogP contribution >= 0.6 is 0 Å². The molecule has 1 aliphatic carbocycles. The number of phenolic OH excluding ortho intramolecular Hbond substituents is 1. The number of rotatable bonds is 6. The molecule has 0 bridgehead atoms. The highest BCUT2D eigenvalue weighted by atomic mass is 16.3. The minimum atomic E-state index is -0.455. The fourth-order valence-electron chi connectivity index (χ4n) is 3.34. The number of carbonyl (C=O) groups is 1. The molecule has 4 heteroatoms. The molecule has 3 N–H and O–H groups in total. The number of aliphatic hydroxyl groups excluding tert-OH is 1. The van der Waals surface area contributed by atoms with Gasteiger partial charge in [-0.25, -0.2) is 0 Å². The van der Waals surface area contributed by atoms with E-state index in [1.807, 2.05) is 30.3 Å². The molecule has 0 aromatic heterocycles. The van der Waals surface area contributed by atoms with Crippen molar-refractivity contribution >= 4 is 5.91 Å². The quantitative estimate of drug-likeness (QED) is 0.764. The highest BCUT2D eigenvalue weighted by Crippen LogP contribution is 2.44. The summed E-state index contributed by atoms with van der Waals surface area (Å²) in [5.74, 6) is 0.207. The third-order valence-electron chi connectivity index (χ3n) is 4.94. The number of amides is 1. The smallest absolute Gasteiger partial charge is 0.230 e. The first-order valence-electron chi connectivity index (χ1n) is 8.39. The zero-order valence-corrected chi connectivity index (χ0v) is 13.6. The van der Waals surface area contributed by atoms with Gasteiger partial charge in [0.1, 0.15) is 5.75 Å². The normalized spacial score (nSPS) is 16.9. The van der Waals surface area contributed by atoms with Gasteiger partial charge in [-0.15, -0.1) is 0 Å². The van der Waals surface area contributed by atoms with E-state index in [1.54, 1.807) is 24.3 Å². The Balaban J connectivity index is 1.70. The van der Waals surface area contributed by atoms with Crippen LogP contribution in [0.25, 0.3) is 0 Å². The molecule has 1 atom stereocenters. The maximum absolute atomic E-state index is 12.9. The van der Waals surface area contributed by atoms with Gasteiger partial charge < -0.3 is 15.5 Å². The summed E-state index contributed by atoms with van der Waals surface area (Å²) in [6.07, 6.45) is 3.28. The molecule has 0 unspecified atom stereocenters. The highest BCUT2D eigenvalue weighted by Gasteiger charge is 2.45. The zero-order valence-electron chi connectivity index (χ0n) is 13.6. The average Bonchev–Trinajstić information content (AvgIpc) is 2.56. The minimum Gasteiger partial charge on any atom is -0.508 e. The summed E-state index contributed by atoms with van der Waals surface area (Å²) in [7, 11) is 0. The third kappa shape index (κ3) is 3.29. The van der Waals surface area contributed by atoms with E-state index in [2.05, 4.69) is 5.32 Å². The van der Waals surface area contributed by atoms with Crippen molar-refractivity contribution in [1.82, 2.24) is 5.32 Å². The SMILES string of the molecule is O=C(N[C@H](CO)Cc1ccc(O)cc1)C1(c2ccccc2)CCC1. The summed E-state index contributed by atoms with van der Waals surface area (Å²) in [6, 6.07) is 16.4. The van der Waals surface area contributed by atoms with E-state index >= 15 is 0 Å². The molecule has 1 aliphatic rings. The lowest BCUT2D eigenvalue weighted by molar-refractivity contribution is -0.131. The lowest BCUT2D eigenvalue weighted by Crippen LogP contribution is -2.53. The predicted octanol–water partition coefficient (Wildman–Crippen LogP) is 2.53. The number of hydrogen-bond acceptors (Lipinski definition) is 3. The zero-order chi connectivity index (χ0) is 17.0. The van der Waals surface area contributed by atoms with Crippen LogP contribution in [0.2, 0.25) is 0 Å². The molecule has 1 amide bonds. The molecule has 4 nitrogen and oxygen atoms in total. The summed E-state index contributed by atoms with van der Waals surface area (Å²) in [5, 5.41) is 22.0. The lowest BCUT2D eigenvalue weighted by Gasteiger charge is -2.41. The van der Waals surface area contributed by atoms with Crippen molar-refractivity contribution in [2.45, 2.75) is 37.1 Å². The van der Waals surface area contributed by atoms with Crippen LogP contribution in [0.15, 0.2) is 54.6 Å². The average molecular weight is 325 g/mol. The van der Waals surface area contributed by atoms with Crippen LogP contribution in [0.5, 0.6) is 5.75 Å². The van der Waals surface area contributed by atoms with Gasteiger partial charge in [-0.2, -0.15) is 0 Å². The van der Waals surface area contributed by atoms with E-state index in [1.165, 1.54) is 0 Å². The molecule has 2 aromatic rings. The van der Waals surface area contributed by atoms with E-state index < -0.39 is 5.41 Å². The maximum atomic E-state index is 12.9. The summed E-state index contributed by atoms with van der Waals surface area (Å²) in [6.45, 7) is -0.114. The van der Waals surface area contributed by atoms with Crippen LogP contribution < -0.4 is 5.32 Å². The van der Waals surface area contributed by atoms with Gasteiger partial charge in [-0.1, -0.05) is 48.9 Å². The number of aliphatic hydroxyl groups is 1. The van der Waals surface area contributed by atoms with E-state index in [0.717, 1.165) is 30.4 Å². The van der Waals surface area contributed by atoms with Crippen molar-refractivity contribution in [2.24, 2.45) is 0 Å². The van der Waals surface area contributed by atoms with Gasteiger partial charge in [0.05, 0.1) is 18.1 Å². The molecule has 0 radical (unpaired) electrons. The minimum absolute atomic E-state index is 0.00206. The Labute approximate surface area is 142 Å². The maximum Gasteiger partial charge on any atom is 0.230 e. The molecule has 0 saturated heterocycles. The molecule has 1 saturated carbocycles. The molecule has 0 heterocycles. The Morgan fingerprint density at radius 2 is 1.75 bits per heavy atom. The fraction of sp³-hybridized carbons (Fsp3) is 0.350. The monoisotopic (exact) mass is 325 g/mol.